The van der Waals surface area contributed by atoms with Crippen LogP contribution in [0.25, 0.3) is 0 Å². The van der Waals surface area contributed by atoms with Crippen LogP contribution in [0, 0.1) is 0 Å². The molecule has 1 atom stereocenters. The van der Waals surface area contributed by atoms with Gasteiger partial charge in [0.1, 0.15) is 6.04 Å². The molecule has 23 heavy (non-hydrogen) atoms. The number of nitrogens with one attached hydrogen (secondary N) is 1. The van der Waals surface area contributed by atoms with E-state index in [0.717, 1.165) is 37.0 Å². The molecule has 2 fully saturated rings. The summed E-state index contributed by atoms with van der Waals surface area (Å²) in [5.74, 6) is 0.0715. The van der Waals surface area contributed by atoms with Crippen LogP contribution in [0.15, 0.2) is 17.5 Å². The summed E-state index contributed by atoms with van der Waals surface area (Å²) in [6, 6.07) is 3.75. The van der Waals surface area contributed by atoms with Crippen LogP contribution in [0.5, 0.6) is 0 Å². The molecule has 2 heterocycles. The number of hydrogen-bond acceptors (Lipinski definition) is 3. The summed E-state index contributed by atoms with van der Waals surface area (Å²) in [5.41, 5.74) is 0. The van der Waals surface area contributed by atoms with E-state index in [1.165, 1.54) is 37.0 Å². The van der Waals surface area contributed by atoms with Crippen molar-refractivity contribution in [2.24, 2.45) is 0 Å². The fourth-order valence-corrected chi connectivity index (χ4v) is 4.39. The van der Waals surface area contributed by atoms with Crippen molar-refractivity contribution in [2.45, 2.75) is 69.9 Å². The SMILES string of the molecule is O=C(NC1CCCCCC1)C1CCCCN1C(=O)c1cccs1. The van der Waals surface area contributed by atoms with Crippen molar-refractivity contribution in [3.05, 3.63) is 22.4 Å². The van der Waals surface area contributed by atoms with Gasteiger partial charge >= 0.3 is 0 Å². The number of nitrogens with zero attached hydrogens (tertiary/aromatic N) is 1. The Labute approximate surface area is 142 Å². The van der Waals surface area contributed by atoms with Gasteiger partial charge < -0.3 is 10.2 Å². The van der Waals surface area contributed by atoms with Gasteiger partial charge in [0.2, 0.25) is 5.91 Å². The average Bonchev–Trinajstić information content (AvgIpc) is 3.00. The quantitative estimate of drug-likeness (QED) is 0.859. The lowest BCUT2D eigenvalue weighted by atomic mass is 10.00. The summed E-state index contributed by atoms with van der Waals surface area (Å²) in [7, 11) is 0. The van der Waals surface area contributed by atoms with E-state index in [-0.39, 0.29) is 17.9 Å². The fourth-order valence-electron chi connectivity index (χ4n) is 3.71. The van der Waals surface area contributed by atoms with E-state index in [1.54, 1.807) is 4.90 Å². The zero-order valence-electron chi connectivity index (χ0n) is 13.6. The number of carbonyl (C=O) groups is 2. The minimum absolute atomic E-state index is 0.0146. The van der Waals surface area contributed by atoms with Gasteiger partial charge in [0.25, 0.3) is 5.91 Å². The molecular formula is C18H26N2O2S. The summed E-state index contributed by atoms with van der Waals surface area (Å²) < 4.78 is 0. The number of carbonyl (C=O) groups excluding carboxylic acids is 2. The molecule has 1 saturated heterocycles. The first-order valence-electron chi connectivity index (χ1n) is 8.90. The number of piperidine rings is 1. The highest BCUT2D eigenvalue weighted by molar-refractivity contribution is 7.12. The highest BCUT2D eigenvalue weighted by atomic mass is 32.1. The van der Waals surface area contributed by atoms with Crippen molar-refractivity contribution in [1.82, 2.24) is 10.2 Å². The van der Waals surface area contributed by atoms with E-state index in [9.17, 15) is 9.59 Å². The fraction of sp³-hybridized carbons (Fsp3) is 0.667. The Kier molecular flexibility index (Phi) is 5.70. The minimum Gasteiger partial charge on any atom is -0.352 e. The van der Waals surface area contributed by atoms with Crippen molar-refractivity contribution in [2.75, 3.05) is 6.54 Å². The molecule has 5 heteroatoms. The number of rotatable bonds is 3. The van der Waals surface area contributed by atoms with Crippen LogP contribution >= 0.6 is 11.3 Å². The number of thiophene rings is 1. The maximum Gasteiger partial charge on any atom is 0.264 e. The third-order valence-corrected chi connectivity index (χ3v) is 5.86. The van der Waals surface area contributed by atoms with Gasteiger partial charge in [-0.2, -0.15) is 0 Å². The molecule has 126 valence electrons. The Morgan fingerprint density at radius 3 is 2.48 bits per heavy atom. The van der Waals surface area contributed by atoms with E-state index in [4.69, 9.17) is 0 Å². The molecule has 1 aromatic rings. The van der Waals surface area contributed by atoms with Gasteiger partial charge in [0, 0.05) is 12.6 Å². The smallest absolute Gasteiger partial charge is 0.264 e. The van der Waals surface area contributed by atoms with E-state index >= 15 is 0 Å². The summed E-state index contributed by atoms with van der Waals surface area (Å²) in [6.07, 6.45) is 9.92. The second-order valence-electron chi connectivity index (χ2n) is 6.68. The largest absolute Gasteiger partial charge is 0.352 e. The first-order chi connectivity index (χ1) is 11.3. The molecule has 4 nitrogen and oxygen atoms in total. The Morgan fingerprint density at radius 2 is 1.78 bits per heavy atom. The zero-order chi connectivity index (χ0) is 16.1. The van der Waals surface area contributed by atoms with Crippen molar-refractivity contribution in [1.29, 1.82) is 0 Å². The summed E-state index contributed by atoms with van der Waals surface area (Å²) >= 11 is 1.45. The molecule has 1 aliphatic heterocycles. The molecule has 1 N–H and O–H groups in total. The molecule has 1 aromatic heterocycles. The second kappa shape index (κ2) is 7.95. The van der Waals surface area contributed by atoms with E-state index in [2.05, 4.69) is 5.32 Å². The third-order valence-electron chi connectivity index (χ3n) is 5.00. The molecule has 1 aliphatic carbocycles. The second-order valence-corrected chi connectivity index (χ2v) is 7.63. The minimum atomic E-state index is -0.290. The van der Waals surface area contributed by atoms with Gasteiger partial charge in [-0.1, -0.05) is 31.7 Å². The van der Waals surface area contributed by atoms with Gasteiger partial charge in [-0.15, -0.1) is 11.3 Å². The lowest BCUT2D eigenvalue weighted by molar-refractivity contribution is -0.127. The van der Waals surface area contributed by atoms with Gasteiger partial charge in [0.05, 0.1) is 4.88 Å². The Hall–Kier alpha value is -1.36. The molecular weight excluding hydrogens is 308 g/mol. The van der Waals surface area contributed by atoms with Gasteiger partial charge in [-0.25, -0.2) is 0 Å². The topological polar surface area (TPSA) is 49.4 Å². The molecule has 0 aromatic carbocycles. The molecule has 2 aliphatic rings. The molecule has 0 radical (unpaired) electrons. The molecule has 1 unspecified atom stereocenters. The Bertz CT molecular complexity index is 521. The van der Waals surface area contributed by atoms with Gasteiger partial charge in [0.15, 0.2) is 0 Å². The number of amides is 2. The van der Waals surface area contributed by atoms with Crippen LogP contribution in [0.1, 0.15) is 67.5 Å². The van der Waals surface area contributed by atoms with E-state index in [0.29, 0.717) is 12.6 Å². The molecule has 2 amide bonds. The van der Waals surface area contributed by atoms with Crippen LogP contribution in [-0.4, -0.2) is 35.3 Å². The van der Waals surface area contributed by atoms with Crippen molar-refractivity contribution in [3.8, 4) is 0 Å². The molecule has 0 spiro atoms. The molecule has 3 rings (SSSR count). The Morgan fingerprint density at radius 1 is 1.04 bits per heavy atom. The maximum absolute atomic E-state index is 12.8. The predicted molar refractivity (Wildman–Crippen MR) is 92.6 cm³/mol. The standard InChI is InChI=1S/C18H26N2O2S/c21-17(19-14-8-3-1-2-4-9-14)15-10-5-6-12-20(15)18(22)16-11-7-13-23-16/h7,11,13-15H,1-6,8-10,12H2,(H,19,21). The lowest BCUT2D eigenvalue weighted by Gasteiger charge is -2.35. The Balaban J connectivity index is 1.65. The molecule has 0 bridgehead atoms. The van der Waals surface area contributed by atoms with Crippen LogP contribution in [-0.2, 0) is 4.79 Å². The van der Waals surface area contributed by atoms with Crippen LogP contribution in [0.4, 0.5) is 0 Å². The van der Waals surface area contributed by atoms with Crippen molar-refractivity contribution in [3.63, 3.8) is 0 Å². The monoisotopic (exact) mass is 334 g/mol. The first-order valence-corrected chi connectivity index (χ1v) is 9.78. The van der Waals surface area contributed by atoms with Crippen LogP contribution in [0.3, 0.4) is 0 Å². The average molecular weight is 334 g/mol. The molecule has 1 saturated carbocycles. The van der Waals surface area contributed by atoms with E-state index < -0.39 is 0 Å². The van der Waals surface area contributed by atoms with Crippen molar-refractivity contribution >= 4 is 23.2 Å². The summed E-state index contributed by atoms with van der Waals surface area (Å²) in [5, 5.41) is 5.14. The van der Waals surface area contributed by atoms with Gasteiger partial charge in [-0.05, 0) is 43.6 Å². The third kappa shape index (κ3) is 4.14. The summed E-state index contributed by atoms with van der Waals surface area (Å²) in [4.78, 5) is 28.0. The number of likely N-dealkylation sites (tertiary alicyclic amines) is 1. The highest BCUT2D eigenvalue weighted by Crippen LogP contribution is 2.23. The van der Waals surface area contributed by atoms with Crippen LogP contribution < -0.4 is 5.32 Å². The number of hydrogen-bond donors (Lipinski definition) is 1. The van der Waals surface area contributed by atoms with E-state index in [1.807, 2.05) is 17.5 Å². The first kappa shape index (κ1) is 16.5. The van der Waals surface area contributed by atoms with Crippen molar-refractivity contribution < 1.29 is 9.59 Å². The zero-order valence-corrected chi connectivity index (χ0v) is 14.4. The predicted octanol–water partition coefficient (Wildman–Crippen LogP) is 3.58. The lowest BCUT2D eigenvalue weighted by Crippen LogP contribution is -2.53. The maximum atomic E-state index is 12.8. The highest BCUT2D eigenvalue weighted by Gasteiger charge is 2.33. The van der Waals surface area contributed by atoms with Crippen LogP contribution in [0.2, 0.25) is 0 Å². The normalized spacial score (nSPS) is 23.3. The summed E-state index contributed by atoms with van der Waals surface area (Å²) in [6.45, 7) is 0.694. The van der Waals surface area contributed by atoms with Gasteiger partial charge in [-0.3, -0.25) is 9.59 Å².